The lowest BCUT2D eigenvalue weighted by molar-refractivity contribution is 0.769. The van der Waals surface area contributed by atoms with Crippen LogP contribution in [-0.2, 0) is 5.41 Å². The topological polar surface area (TPSA) is 0 Å². The summed E-state index contributed by atoms with van der Waals surface area (Å²) in [5.41, 5.74) is 10.4. The van der Waals surface area contributed by atoms with Gasteiger partial charge in [0.1, 0.15) is 0 Å². The molecule has 31 heavy (non-hydrogen) atoms. The Hall–Kier alpha value is -2.94. The molecular weight excluding hydrogens is 412 g/mol. The van der Waals surface area contributed by atoms with Crippen LogP contribution >= 0.6 is 22.7 Å². The summed E-state index contributed by atoms with van der Waals surface area (Å²) in [5, 5.41) is 4.41. The van der Waals surface area contributed by atoms with E-state index in [-0.39, 0.29) is 5.41 Å². The van der Waals surface area contributed by atoms with Gasteiger partial charge in [0.15, 0.2) is 0 Å². The summed E-state index contributed by atoms with van der Waals surface area (Å²) in [5.74, 6) is 0. The van der Waals surface area contributed by atoms with Crippen molar-refractivity contribution in [2.75, 3.05) is 0 Å². The Morgan fingerprint density at radius 1 is 0.613 bits per heavy atom. The van der Waals surface area contributed by atoms with Gasteiger partial charge in [0.25, 0.3) is 0 Å². The number of thiophene rings is 2. The molecule has 0 saturated heterocycles. The first-order valence-electron chi connectivity index (χ1n) is 10.6. The van der Waals surface area contributed by atoms with Crippen molar-refractivity contribution in [2.45, 2.75) is 19.3 Å². The van der Waals surface area contributed by atoms with E-state index in [0.29, 0.717) is 0 Å². The average Bonchev–Trinajstić information content (AvgIpc) is 3.53. The molecule has 0 unspecified atom stereocenters. The Balaban J connectivity index is 1.73. The molecule has 3 aromatic carbocycles. The van der Waals surface area contributed by atoms with Crippen LogP contribution in [0.15, 0.2) is 95.7 Å². The predicted molar refractivity (Wildman–Crippen MR) is 134 cm³/mol. The van der Waals surface area contributed by atoms with E-state index in [2.05, 4.69) is 110 Å². The van der Waals surface area contributed by atoms with Crippen molar-refractivity contribution in [1.29, 1.82) is 0 Å². The molecule has 5 aromatic rings. The third-order valence-corrected chi connectivity index (χ3v) is 8.38. The van der Waals surface area contributed by atoms with E-state index in [1.807, 2.05) is 11.3 Å². The molecule has 0 fully saturated rings. The molecule has 0 nitrogen and oxygen atoms in total. The third kappa shape index (κ3) is 2.72. The second kappa shape index (κ2) is 7.05. The molecule has 2 aromatic heterocycles. The summed E-state index contributed by atoms with van der Waals surface area (Å²) in [4.78, 5) is 2.72. The normalized spacial score (nSPS) is 13.7. The van der Waals surface area contributed by atoms with E-state index in [1.165, 1.54) is 54.3 Å². The van der Waals surface area contributed by atoms with Crippen LogP contribution < -0.4 is 0 Å². The molecule has 0 radical (unpaired) electrons. The number of aryl methyl sites for hydroxylation is 2. The number of fused-ring (bicyclic) bond motifs is 3. The molecule has 0 bridgehead atoms. The quantitative estimate of drug-likeness (QED) is 0.262. The van der Waals surface area contributed by atoms with Crippen LogP contribution in [0.25, 0.3) is 20.9 Å². The Bertz CT molecular complexity index is 1320. The zero-order valence-corrected chi connectivity index (χ0v) is 19.2. The van der Waals surface area contributed by atoms with Gasteiger partial charge in [0.2, 0.25) is 0 Å². The molecule has 150 valence electrons. The lowest BCUT2D eigenvalue weighted by Gasteiger charge is -2.33. The number of rotatable bonds is 3. The largest absolute Gasteiger partial charge is 0.144 e. The Morgan fingerprint density at radius 2 is 1.29 bits per heavy atom. The van der Waals surface area contributed by atoms with E-state index in [9.17, 15) is 0 Å². The Morgan fingerprint density at radius 3 is 1.90 bits per heavy atom. The second-order valence-electron chi connectivity index (χ2n) is 8.38. The van der Waals surface area contributed by atoms with E-state index in [4.69, 9.17) is 0 Å². The monoisotopic (exact) mass is 434 g/mol. The van der Waals surface area contributed by atoms with Gasteiger partial charge < -0.3 is 0 Å². The van der Waals surface area contributed by atoms with Gasteiger partial charge in [-0.1, -0.05) is 77.9 Å². The van der Waals surface area contributed by atoms with Gasteiger partial charge in [0, 0.05) is 9.75 Å². The minimum absolute atomic E-state index is 0.292. The molecule has 1 aliphatic rings. The van der Waals surface area contributed by atoms with Crippen LogP contribution in [0, 0.1) is 13.8 Å². The van der Waals surface area contributed by atoms with Crippen LogP contribution in [0.2, 0.25) is 0 Å². The predicted octanol–water partition coefficient (Wildman–Crippen LogP) is 8.46. The first-order valence-corrected chi connectivity index (χ1v) is 12.3. The minimum atomic E-state index is -0.292. The number of hydrogen-bond donors (Lipinski definition) is 0. The fraction of sp³-hybridized carbons (Fsp3) is 0.103. The van der Waals surface area contributed by atoms with Crippen molar-refractivity contribution in [3.63, 3.8) is 0 Å². The highest BCUT2D eigenvalue weighted by Crippen LogP contribution is 2.58. The van der Waals surface area contributed by atoms with Gasteiger partial charge in [0.05, 0.1) is 5.41 Å². The highest BCUT2D eigenvalue weighted by atomic mass is 32.1. The van der Waals surface area contributed by atoms with E-state index in [0.717, 1.165) is 0 Å². The molecule has 0 saturated carbocycles. The maximum absolute atomic E-state index is 2.44. The SMILES string of the molecule is Cc1ccc(C2(c3ccc(C)cc3)c3cc(-c4cccs4)ccc3-c3sccc32)cc1. The average molecular weight is 435 g/mol. The van der Waals surface area contributed by atoms with Gasteiger partial charge in [-0.3, -0.25) is 0 Å². The van der Waals surface area contributed by atoms with Crippen molar-refractivity contribution in [1.82, 2.24) is 0 Å². The van der Waals surface area contributed by atoms with Crippen molar-refractivity contribution in [3.8, 4) is 20.9 Å². The highest BCUT2D eigenvalue weighted by molar-refractivity contribution is 7.14. The molecule has 0 N–H and O–H groups in total. The van der Waals surface area contributed by atoms with Gasteiger partial charge in [-0.05, 0) is 76.2 Å². The van der Waals surface area contributed by atoms with Crippen molar-refractivity contribution >= 4 is 22.7 Å². The van der Waals surface area contributed by atoms with E-state index >= 15 is 0 Å². The van der Waals surface area contributed by atoms with Gasteiger partial charge in [-0.25, -0.2) is 0 Å². The minimum Gasteiger partial charge on any atom is -0.144 e. The van der Waals surface area contributed by atoms with Crippen LogP contribution in [0.3, 0.4) is 0 Å². The van der Waals surface area contributed by atoms with Gasteiger partial charge in [-0.2, -0.15) is 0 Å². The Kier molecular flexibility index (Phi) is 4.27. The Labute approximate surface area is 191 Å². The molecule has 0 atom stereocenters. The molecule has 0 spiro atoms. The lowest BCUT2D eigenvalue weighted by Crippen LogP contribution is -2.28. The second-order valence-corrected chi connectivity index (χ2v) is 10.2. The van der Waals surface area contributed by atoms with Gasteiger partial charge in [-0.15, -0.1) is 22.7 Å². The van der Waals surface area contributed by atoms with Crippen LogP contribution in [-0.4, -0.2) is 0 Å². The summed E-state index contributed by atoms with van der Waals surface area (Å²) >= 11 is 3.66. The number of hydrogen-bond acceptors (Lipinski definition) is 2. The molecule has 2 heteroatoms. The standard InChI is InChI=1S/C29H22S2/c1-19-5-10-22(11-6-19)29(23-12-7-20(2)8-13-23)25-15-17-31-28(25)24-14-9-21(18-26(24)29)27-4-3-16-30-27/h3-18H,1-2H3. The molecule has 0 aliphatic heterocycles. The maximum Gasteiger partial charge on any atom is 0.0722 e. The van der Waals surface area contributed by atoms with Crippen LogP contribution in [0.4, 0.5) is 0 Å². The lowest BCUT2D eigenvalue weighted by atomic mass is 9.67. The number of benzene rings is 3. The van der Waals surface area contributed by atoms with Crippen molar-refractivity contribution in [3.05, 3.63) is 129 Å². The molecule has 6 rings (SSSR count). The first kappa shape index (κ1) is 18.8. The molecular formula is C29H22S2. The van der Waals surface area contributed by atoms with Crippen LogP contribution in [0.5, 0.6) is 0 Å². The highest BCUT2D eigenvalue weighted by Gasteiger charge is 2.47. The fourth-order valence-corrected chi connectivity index (χ4v) is 6.72. The van der Waals surface area contributed by atoms with Gasteiger partial charge >= 0.3 is 0 Å². The van der Waals surface area contributed by atoms with Crippen molar-refractivity contribution in [2.24, 2.45) is 0 Å². The fourth-order valence-electron chi connectivity index (χ4n) is 5.00. The van der Waals surface area contributed by atoms with E-state index < -0.39 is 0 Å². The molecule has 2 heterocycles. The maximum atomic E-state index is 2.44. The van der Waals surface area contributed by atoms with Crippen LogP contribution in [0.1, 0.15) is 33.4 Å². The zero-order valence-electron chi connectivity index (χ0n) is 17.6. The third-order valence-electron chi connectivity index (χ3n) is 6.51. The van der Waals surface area contributed by atoms with E-state index in [1.54, 1.807) is 11.3 Å². The molecule has 0 amide bonds. The first-order chi connectivity index (χ1) is 15.2. The summed E-state index contributed by atoms with van der Waals surface area (Å²) in [6.45, 7) is 4.33. The smallest absolute Gasteiger partial charge is 0.0722 e. The summed E-state index contributed by atoms with van der Waals surface area (Å²) in [7, 11) is 0. The zero-order chi connectivity index (χ0) is 21.0. The summed E-state index contributed by atoms with van der Waals surface area (Å²) in [6.07, 6.45) is 0. The summed E-state index contributed by atoms with van der Waals surface area (Å²) < 4.78 is 0. The molecule has 1 aliphatic carbocycles. The van der Waals surface area contributed by atoms with Crippen molar-refractivity contribution < 1.29 is 0 Å². The summed E-state index contributed by atoms with van der Waals surface area (Å²) in [6, 6.07) is 32.0.